The van der Waals surface area contributed by atoms with Crippen molar-refractivity contribution >= 4 is 49.9 Å². The number of fused-ring (bicyclic) bond motifs is 6. The Morgan fingerprint density at radius 2 is 0.729 bits per heavy atom. The van der Waals surface area contributed by atoms with E-state index in [0.29, 0.717) is 0 Å². The van der Waals surface area contributed by atoms with Crippen LogP contribution in [0.2, 0.25) is 0 Å². The highest BCUT2D eigenvalue weighted by molar-refractivity contribution is 5.86. The number of hydrogen-bond donors (Lipinski definition) is 3. The summed E-state index contributed by atoms with van der Waals surface area (Å²) in [4.78, 5) is 61.7. The minimum absolute atomic E-state index is 0.0120. The van der Waals surface area contributed by atoms with Crippen LogP contribution in [0.15, 0.2) is 144 Å². The number of aromatic amines is 3. The van der Waals surface area contributed by atoms with Crippen molar-refractivity contribution < 1.29 is 52.7 Å². The van der Waals surface area contributed by atoms with Crippen LogP contribution in [-0.4, -0.2) is 39.9 Å². The van der Waals surface area contributed by atoms with Crippen molar-refractivity contribution in [1.29, 1.82) is 21.0 Å². The molecule has 96 heavy (non-hydrogen) atoms. The number of hydrogen-bond acceptors (Lipinski definition) is 15. The van der Waals surface area contributed by atoms with E-state index in [2.05, 4.69) is 85.6 Å². The Morgan fingerprint density at radius 3 is 1.14 bits per heavy atom. The Labute approximate surface area is 524 Å². The predicted molar refractivity (Wildman–Crippen MR) is 304 cm³/mol. The number of H-pyrrole nitrogens is 3. The van der Waals surface area contributed by atoms with Crippen molar-refractivity contribution in [3.8, 4) is 24.3 Å². The highest BCUT2D eigenvalue weighted by Crippen LogP contribution is 2.36. The average molecular weight is 1300 g/mol. The fourth-order valence-corrected chi connectivity index (χ4v) is 10.2. The molecule has 3 aliphatic rings. The van der Waals surface area contributed by atoms with Gasteiger partial charge in [-0.1, -0.05) is 0 Å². The minimum atomic E-state index is -1.36. The van der Waals surface area contributed by atoms with Gasteiger partial charge in [-0.05, 0) is 35.4 Å². The van der Waals surface area contributed by atoms with E-state index in [0.717, 1.165) is 72.8 Å². The van der Waals surface area contributed by atoms with Crippen LogP contribution in [0.25, 0.3) is 59.6 Å². The van der Waals surface area contributed by atoms with Crippen LogP contribution in [0, 0.1) is 128 Å². The highest BCUT2D eigenvalue weighted by Gasteiger charge is 2.32. The molecule has 3 unspecified atom stereocenters. The van der Waals surface area contributed by atoms with E-state index >= 15 is 0 Å². The summed E-state index contributed by atoms with van der Waals surface area (Å²) in [5.74, 6) is -17.8. The molecule has 0 amide bonds. The van der Waals surface area contributed by atoms with Gasteiger partial charge in [0.15, 0.2) is 93.1 Å². The number of allylic oxidation sites excluding steroid dienone is 2. The smallest absolute Gasteiger partial charge is 0.321 e. The third-order valence-corrected chi connectivity index (χ3v) is 14.6. The largest absolute Gasteiger partial charge is 0.340 e. The first-order valence-corrected chi connectivity index (χ1v) is 27.1. The summed E-state index contributed by atoms with van der Waals surface area (Å²) in [5, 5.41) is 40.5. The third-order valence-electron chi connectivity index (χ3n) is 14.6. The lowest BCUT2D eigenvalue weighted by Gasteiger charge is -2.14. The molecule has 20 nitrogen and oxygen atoms in total. The van der Waals surface area contributed by atoms with Gasteiger partial charge in [0.1, 0.15) is 52.5 Å². The van der Waals surface area contributed by atoms with Crippen molar-refractivity contribution in [3.63, 3.8) is 0 Å². The molecule has 6 aromatic carbocycles. The van der Waals surface area contributed by atoms with Crippen molar-refractivity contribution in [2.75, 3.05) is 0 Å². The van der Waals surface area contributed by atoms with E-state index in [4.69, 9.17) is 13.1 Å². The summed E-state index contributed by atoms with van der Waals surface area (Å²) in [6, 6.07) is 21.5. The number of rotatable bonds is 9. The van der Waals surface area contributed by atoms with Crippen LogP contribution in [-0.2, 0) is 0 Å². The number of benzene rings is 6. The molecule has 0 spiro atoms. The van der Waals surface area contributed by atoms with Crippen LogP contribution in [0.1, 0.15) is 69.3 Å². The second-order valence-electron chi connectivity index (χ2n) is 20.6. The van der Waals surface area contributed by atoms with Crippen molar-refractivity contribution in [2.24, 2.45) is 30.0 Å². The molecule has 5 aromatic heterocycles. The number of halogens is 12. The van der Waals surface area contributed by atoms with Gasteiger partial charge in [0.25, 0.3) is 5.70 Å². The number of nitrogens with one attached hydrogen (secondary N) is 3. The molecule has 14 rings (SSSR count). The number of aromatic nitrogens is 8. The van der Waals surface area contributed by atoms with Crippen LogP contribution in [0.5, 0.6) is 0 Å². The van der Waals surface area contributed by atoms with Gasteiger partial charge in [-0.3, -0.25) is 9.83 Å². The Bertz CT molecular complexity index is 5290. The zero-order valence-corrected chi connectivity index (χ0v) is 47.1. The van der Waals surface area contributed by atoms with Crippen LogP contribution < -0.4 is 32.1 Å². The standard InChI is InChI=1S/C32H14F6N10.C32H8F6N10/c2*1-41-29(32-47-26-8-19(37)20(38)9-27(26)48-32)28-3-12(13(10-39)30-43-22-4-15(33)16(34)5-23(22)44-30)2-21(42-28)14(11-40)31-45-24-6-17(35)18(36)7-25(24)46-31/h2-9,13-14,29H,(H,43,44)(H,45,46)(H,47,48);2-9H. The lowest BCUT2D eigenvalue weighted by atomic mass is 9.94. The molecule has 3 aliphatic heterocycles. The quantitative estimate of drug-likeness (QED) is 0.0703. The molecule has 3 N–H and O–H groups in total. The molecule has 3 atom stereocenters. The first kappa shape index (κ1) is 61.0. The van der Waals surface area contributed by atoms with E-state index in [1.54, 1.807) is 0 Å². The Balaban J connectivity index is 0.000000174. The monoisotopic (exact) mass is 1300 g/mol. The molecular formula is C64H22F12N20. The molecular weight excluding hydrogens is 1280 g/mol. The Hall–Kier alpha value is -13.9. The molecule has 32 heteroatoms. The predicted octanol–water partition coefficient (Wildman–Crippen LogP) is 9.57. The molecule has 11 aromatic rings. The van der Waals surface area contributed by atoms with Gasteiger partial charge >= 0.3 is 6.04 Å². The first-order valence-electron chi connectivity index (χ1n) is 27.1. The fraction of sp³-hybridized carbons (Fsp3) is 0.0469. The fourth-order valence-electron chi connectivity index (χ4n) is 10.2. The van der Waals surface area contributed by atoms with Gasteiger partial charge in [-0.2, -0.15) is 21.0 Å². The van der Waals surface area contributed by atoms with Gasteiger partial charge in [0.2, 0.25) is 0 Å². The highest BCUT2D eigenvalue weighted by atomic mass is 19.2. The molecule has 0 aliphatic carbocycles. The maximum atomic E-state index is 13.9. The molecule has 0 saturated heterocycles. The van der Waals surface area contributed by atoms with Gasteiger partial charge in [0.05, 0.1) is 101 Å². The summed E-state index contributed by atoms with van der Waals surface area (Å²) in [7, 11) is 0. The minimum Gasteiger partial charge on any atom is -0.340 e. The number of imidazole rings is 3. The molecule has 0 saturated carbocycles. The van der Waals surface area contributed by atoms with Gasteiger partial charge < -0.3 is 15.0 Å². The third kappa shape index (κ3) is 10.9. The number of nitrogens with zero attached hydrogens (tertiary/aromatic N) is 17. The second kappa shape index (κ2) is 23.8. The topological polar surface area (TPSA) is 290 Å². The van der Waals surface area contributed by atoms with Crippen molar-refractivity contribution in [2.45, 2.75) is 17.9 Å². The van der Waals surface area contributed by atoms with Gasteiger partial charge in [-0.25, -0.2) is 114 Å². The molecule has 8 heterocycles. The number of pyridine rings is 2. The SMILES string of the molecule is [C-]#[N+]C(=C1N=c2cc(F)c(F)cc2=N1)c1cc(C(C#N)=C2N=c3cc(F)c(F)cc3=N2)cc(C(C#N)=C2N=c3cc(F)c(F)cc3=N2)n1.[C-]#[N+]C(c1cc(C(C#N)c2nc3cc(F)c(F)cc3[nH]2)cc(C(C#N)c2nc3cc(F)c(F)cc3[nH]2)n1)c1nc2cc(F)c(F)cc2[nH]1. The Kier molecular flexibility index (Phi) is 15.1. The van der Waals surface area contributed by atoms with E-state index in [9.17, 15) is 73.7 Å². The zero-order chi connectivity index (χ0) is 67.7. The maximum absolute atomic E-state index is 13.9. The lowest BCUT2D eigenvalue weighted by molar-refractivity contribution is 0.506. The molecule has 462 valence electrons. The van der Waals surface area contributed by atoms with Gasteiger partial charge in [-0.15, -0.1) is 0 Å². The summed E-state index contributed by atoms with van der Waals surface area (Å²) < 4.78 is 167. The lowest BCUT2D eigenvalue weighted by Crippen LogP contribution is -2.23. The van der Waals surface area contributed by atoms with E-state index in [1.165, 1.54) is 24.3 Å². The number of nitriles is 4. The second-order valence-corrected chi connectivity index (χ2v) is 20.6. The first-order chi connectivity index (χ1) is 46.1. The zero-order valence-electron chi connectivity index (χ0n) is 47.1. The van der Waals surface area contributed by atoms with Gasteiger partial charge in [0, 0.05) is 72.8 Å². The summed E-state index contributed by atoms with van der Waals surface area (Å²) in [6.07, 6.45) is 0. The maximum Gasteiger partial charge on any atom is 0.321 e. The average Bonchev–Trinajstić information content (AvgIpc) is 1.54. The van der Waals surface area contributed by atoms with Crippen molar-refractivity contribution in [3.05, 3.63) is 291 Å². The van der Waals surface area contributed by atoms with Crippen LogP contribution >= 0.6 is 0 Å². The Morgan fingerprint density at radius 1 is 0.375 bits per heavy atom. The van der Waals surface area contributed by atoms with E-state index in [-0.39, 0.29) is 151 Å². The van der Waals surface area contributed by atoms with Crippen LogP contribution in [0.3, 0.4) is 0 Å². The van der Waals surface area contributed by atoms with E-state index in [1.807, 2.05) is 18.2 Å². The summed E-state index contributed by atoms with van der Waals surface area (Å²) >= 11 is 0. The van der Waals surface area contributed by atoms with Crippen LogP contribution in [0.4, 0.5) is 52.7 Å². The molecule has 0 fully saturated rings. The molecule has 0 radical (unpaired) electrons. The molecule has 0 bridgehead atoms. The summed E-state index contributed by atoms with van der Waals surface area (Å²) in [6.45, 7) is 15.8. The summed E-state index contributed by atoms with van der Waals surface area (Å²) in [5.41, 5.74) is -1.21. The normalized spacial score (nSPS) is 13.2. The van der Waals surface area contributed by atoms with Crippen molar-refractivity contribution in [1.82, 2.24) is 39.9 Å². The van der Waals surface area contributed by atoms with E-state index < -0.39 is 87.7 Å².